The molecule has 6 N–H and O–H groups in total. The fraction of sp³-hybridized carbons (Fsp3) is 0.500. The highest BCUT2D eigenvalue weighted by atomic mass is 16.4. The fourth-order valence-corrected chi connectivity index (χ4v) is 0.967. The zero-order valence-electron chi connectivity index (χ0n) is 8.55. The molecule has 0 aliphatic carbocycles. The van der Waals surface area contributed by atoms with Crippen molar-refractivity contribution in [2.45, 2.75) is 18.9 Å². The Balaban J connectivity index is 4.05. The summed E-state index contributed by atoms with van der Waals surface area (Å²) in [4.78, 5) is 35.0. The maximum atomic E-state index is 10.7. The molecule has 0 bridgehead atoms. The first-order valence-corrected chi connectivity index (χ1v) is 4.51. The summed E-state index contributed by atoms with van der Waals surface area (Å²) < 4.78 is 0. The molecule has 0 spiro atoms. The lowest BCUT2D eigenvalue weighted by atomic mass is 10.1. The van der Waals surface area contributed by atoms with Crippen molar-refractivity contribution in [3.8, 4) is 0 Å². The second-order valence-corrected chi connectivity index (χ2v) is 2.97. The lowest BCUT2D eigenvalue weighted by Crippen LogP contribution is -2.41. The van der Waals surface area contributed by atoms with Crippen LogP contribution in [0.2, 0.25) is 0 Å². The fourth-order valence-electron chi connectivity index (χ4n) is 0.967. The van der Waals surface area contributed by atoms with Gasteiger partial charge >= 0.3 is 5.97 Å². The molecule has 0 rings (SSSR count). The third-order valence-corrected chi connectivity index (χ3v) is 1.67. The standard InChI is InChI=1S/C8H14N4O4/c9-8(10)11-3-1-2-5(7(15)16)12-6(14)4-13/h4-5H,1-3H2,(H,12,14)(H,15,16)(H4,9,10,11)/t5-/m0/s1. The highest BCUT2D eigenvalue weighted by molar-refractivity contribution is 6.24. The van der Waals surface area contributed by atoms with Gasteiger partial charge in [-0.15, -0.1) is 0 Å². The number of guanidine groups is 1. The van der Waals surface area contributed by atoms with E-state index in [1.54, 1.807) is 0 Å². The molecule has 0 heterocycles. The monoisotopic (exact) mass is 230 g/mol. The summed E-state index contributed by atoms with van der Waals surface area (Å²) in [5.41, 5.74) is 10.1. The van der Waals surface area contributed by atoms with Crippen LogP contribution >= 0.6 is 0 Å². The highest BCUT2D eigenvalue weighted by Crippen LogP contribution is 1.98. The average Bonchev–Trinajstić information content (AvgIpc) is 2.21. The van der Waals surface area contributed by atoms with Gasteiger partial charge in [0, 0.05) is 6.54 Å². The van der Waals surface area contributed by atoms with E-state index in [-0.39, 0.29) is 25.2 Å². The number of nitrogens with one attached hydrogen (secondary N) is 1. The van der Waals surface area contributed by atoms with Crippen LogP contribution in [0.4, 0.5) is 0 Å². The van der Waals surface area contributed by atoms with E-state index in [0.717, 1.165) is 0 Å². The van der Waals surface area contributed by atoms with E-state index in [4.69, 9.17) is 16.6 Å². The molecule has 0 aliphatic rings. The van der Waals surface area contributed by atoms with E-state index in [2.05, 4.69) is 4.99 Å². The molecule has 0 saturated carbocycles. The van der Waals surface area contributed by atoms with Crippen LogP contribution in [0.1, 0.15) is 12.8 Å². The third kappa shape index (κ3) is 6.35. The van der Waals surface area contributed by atoms with E-state index in [9.17, 15) is 14.4 Å². The van der Waals surface area contributed by atoms with Gasteiger partial charge in [-0.05, 0) is 12.8 Å². The second kappa shape index (κ2) is 7.21. The van der Waals surface area contributed by atoms with Crippen LogP contribution in [0.5, 0.6) is 0 Å². The van der Waals surface area contributed by atoms with Crippen molar-refractivity contribution in [3.63, 3.8) is 0 Å². The Morgan fingerprint density at radius 2 is 2.06 bits per heavy atom. The van der Waals surface area contributed by atoms with Gasteiger partial charge in [0.15, 0.2) is 5.96 Å². The number of nitrogens with zero attached hydrogens (tertiary/aromatic N) is 1. The first kappa shape index (κ1) is 13.9. The van der Waals surface area contributed by atoms with Gasteiger partial charge in [0.05, 0.1) is 0 Å². The predicted molar refractivity (Wildman–Crippen MR) is 55.5 cm³/mol. The van der Waals surface area contributed by atoms with E-state index in [1.165, 1.54) is 0 Å². The van der Waals surface area contributed by atoms with Gasteiger partial charge < -0.3 is 21.9 Å². The molecule has 8 heteroatoms. The summed E-state index contributed by atoms with van der Waals surface area (Å²) in [7, 11) is 0. The van der Waals surface area contributed by atoms with E-state index >= 15 is 0 Å². The number of carbonyl (C=O) groups is 3. The van der Waals surface area contributed by atoms with Crippen molar-refractivity contribution in [3.05, 3.63) is 0 Å². The molecule has 1 amide bonds. The maximum Gasteiger partial charge on any atom is 0.326 e. The number of aliphatic carboxylic acids is 1. The number of aldehydes is 1. The molecule has 0 saturated heterocycles. The number of rotatable bonds is 7. The number of hydrogen-bond donors (Lipinski definition) is 4. The summed E-state index contributed by atoms with van der Waals surface area (Å²) >= 11 is 0. The minimum absolute atomic E-state index is 0.0198. The van der Waals surface area contributed by atoms with Gasteiger partial charge in [-0.3, -0.25) is 14.6 Å². The molecule has 0 aromatic rings. The number of carboxylic acid groups (broad SMARTS) is 1. The second-order valence-electron chi connectivity index (χ2n) is 2.97. The van der Waals surface area contributed by atoms with Crippen molar-refractivity contribution in [2.75, 3.05) is 6.54 Å². The van der Waals surface area contributed by atoms with Crippen LogP contribution in [0.15, 0.2) is 4.99 Å². The molecule has 8 nitrogen and oxygen atoms in total. The number of carboxylic acids is 1. The summed E-state index contributed by atoms with van der Waals surface area (Å²) in [5, 5.41) is 10.7. The number of nitrogens with two attached hydrogens (primary N) is 2. The molecular formula is C8H14N4O4. The number of aliphatic imine (C=N–C) groups is 1. The van der Waals surface area contributed by atoms with Crippen molar-refractivity contribution in [1.29, 1.82) is 0 Å². The SMILES string of the molecule is NC(N)=NCCC[C@H](NC(=O)C=O)C(=O)O. The van der Waals surface area contributed by atoms with Gasteiger partial charge in [-0.25, -0.2) is 4.79 Å². The molecule has 90 valence electrons. The van der Waals surface area contributed by atoms with Crippen LogP contribution in [-0.4, -0.2) is 41.8 Å². The molecule has 1 atom stereocenters. The highest BCUT2D eigenvalue weighted by Gasteiger charge is 2.18. The lowest BCUT2D eigenvalue weighted by molar-refractivity contribution is -0.142. The van der Waals surface area contributed by atoms with Gasteiger partial charge in [-0.2, -0.15) is 0 Å². The zero-order chi connectivity index (χ0) is 12.6. The van der Waals surface area contributed by atoms with Crippen LogP contribution in [0.25, 0.3) is 0 Å². The zero-order valence-corrected chi connectivity index (χ0v) is 8.55. The Hall–Kier alpha value is -2.12. The van der Waals surface area contributed by atoms with E-state index in [1.807, 2.05) is 5.32 Å². The Bertz CT molecular complexity index is 298. The molecule has 0 aromatic carbocycles. The number of hydrogen-bond acceptors (Lipinski definition) is 4. The van der Waals surface area contributed by atoms with Gasteiger partial charge in [0.1, 0.15) is 6.04 Å². The molecule has 0 radical (unpaired) electrons. The molecule has 0 aliphatic heterocycles. The summed E-state index contributed by atoms with van der Waals surface area (Å²) in [6.07, 6.45) is 0.547. The summed E-state index contributed by atoms with van der Waals surface area (Å²) in [5.74, 6) is -2.25. The minimum Gasteiger partial charge on any atom is -0.480 e. The number of amides is 1. The summed E-state index contributed by atoms with van der Waals surface area (Å²) in [6, 6.07) is -1.10. The first-order valence-electron chi connectivity index (χ1n) is 4.51. The van der Waals surface area contributed by atoms with Crippen molar-refractivity contribution < 1.29 is 19.5 Å². The van der Waals surface area contributed by atoms with Gasteiger partial charge in [-0.1, -0.05) is 0 Å². The van der Waals surface area contributed by atoms with Crippen molar-refractivity contribution in [1.82, 2.24) is 5.32 Å². The Morgan fingerprint density at radius 3 is 2.50 bits per heavy atom. The van der Waals surface area contributed by atoms with Crippen LogP contribution in [0, 0.1) is 0 Å². The van der Waals surface area contributed by atoms with Gasteiger partial charge in [0.25, 0.3) is 5.91 Å². The normalized spacial score (nSPS) is 11.2. The minimum atomic E-state index is -1.21. The molecule has 16 heavy (non-hydrogen) atoms. The van der Waals surface area contributed by atoms with E-state index in [0.29, 0.717) is 6.42 Å². The Kier molecular flexibility index (Phi) is 6.25. The number of carbonyl (C=O) groups excluding carboxylic acids is 2. The smallest absolute Gasteiger partial charge is 0.326 e. The topological polar surface area (TPSA) is 148 Å². The van der Waals surface area contributed by atoms with Crippen LogP contribution in [0.3, 0.4) is 0 Å². The quantitative estimate of drug-likeness (QED) is 0.128. The molecular weight excluding hydrogens is 216 g/mol. The predicted octanol–water partition coefficient (Wildman–Crippen LogP) is -2.19. The average molecular weight is 230 g/mol. The lowest BCUT2D eigenvalue weighted by Gasteiger charge is -2.11. The maximum absolute atomic E-state index is 10.7. The van der Waals surface area contributed by atoms with E-state index < -0.39 is 17.9 Å². The van der Waals surface area contributed by atoms with Crippen LogP contribution < -0.4 is 16.8 Å². The molecule has 0 fully saturated rings. The van der Waals surface area contributed by atoms with Crippen molar-refractivity contribution >= 4 is 24.1 Å². The molecule has 0 unspecified atom stereocenters. The summed E-state index contributed by atoms with van der Waals surface area (Å²) in [6.45, 7) is 0.267. The van der Waals surface area contributed by atoms with Crippen LogP contribution in [-0.2, 0) is 14.4 Å². The Labute approximate surface area is 91.7 Å². The first-order chi connectivity index (χ1) is 7.47. The Morgan fingerprint density at radius 1 is 1.44 bits per heavy atom. The largest absolute Gasteiger partial charge is 0.480 e. The van der Waals surface area contributed by atoms with Gasteiger partial charge in [0.2, 0.25) is 6.29 Å². The third-order valence-electron chi connectivity index (χ3n) is 1.67. The van der Waals surface area contributed by atoms with Crippen molar-refractivity contribution in [2.24, 2.45) is 16.5 Å². The molecule has 0 aromatic heterocycles.